The van der Waals surface area contributed by atoms with Crippen molar-refractivity contribution in [1.82, 2.24) is 0 Å². The topological polar surface area (TPSA) is 26.3 Å². The summed E-state index contributed by atoms with van der Waals surface area (Å²) in [7, 11) is 1.65. The van der Waals surface area contributed by atoms with Crippen LogP contribution in [0.4, 0.5) is 0 Å². The van der Waals surface area contributed by atoms with Gasteiger partial charge >= 0.3 is 0 Å². The molecule has 0 aromatic carbocycles. The molecule has 0 bridgehead atoms. The van der Waals surface area contributed by atoms with Crippen LogP contribution in [0.3, 0.4) is 0 Å². The molecule has 0 spiro atoms. The Balaban J connectivity index is 2.51. The second-order valence-electron chi connectivity index (χ2n) is 4.67. The van der Waals surface area contributed by atoms with Crippen LogP contribution >= 0.6 is 0 Å². The average molecular weight is 212 g/mol. The maximum absolute atomic E-state index is 12.1. The Morgan fingerprint density at radius 3 is 2.67 bits per heavy atom. The predicted molar refractivity (Wildman–Crippen MR) is 61.8 cm³/mol. The molecule has 15 heavy (non-hydrogen) atoms. The molecule has 3 unspecified atom stereocenters. The predicted octanol–water partition coefficient (Wildman–Crippen LogP) is 3.20. The van der Waals surface area contributed by atoms with E-state index in [1.165, 1.54) is 19.3 Å². The van der Waals surface area contributed by atoms with Crippen LogP contribution < -0.4 is 0 Å². The summed E-state index contributed by atoms with van der Waals surface area (Å²) in [4.78, 5) is 12.1. The molecule has 1 aliphatic rings. The summed E-state index contributed by atoms with van der Waals surface area (Å²) in [5, 5.41) is 0. The molecule has 0 aromatic heterocycles. The maximum atomic E-state index is 12.1. The summed E-state index contributed by atoms with van der Waals surface area (Å²) in [5.41, 5.74) is 0. The Morgan fingerprint density at radius 1 is 1.40 bits per heavy atom. The number of hydrogen-bond donors (Lipinski definition) is 0. The number of carbonyl (C=O) groups is 1. The van der Waals surface area contributed by atoms with Crippen molar-refractivity contribution in [1.29, 1.82) is 0 Å². The van der Waals surface area contributed by atoms with Crippen LogP contribution in [0.2, 0.25) is 0 Å². The summed E-state index contributed by atoms with van der Waals surface area (Å²) in [6, 6.07) is 0. The molecular formula is C13H24O2. The molecule has 0 aromatic rings. The quantitative estimate of drug-likeness (QED) is 0.699. The summed E-state index contributed by atoms with van der Waals surface area (Å²) < 4.78 is 5.23. The minimum absolute atomic E-state index is 0.161. The van der Waals surface area contributed by atoms with Crippen LogP contribution in [0.1, 0.15) is 52.4 Å². The van der Waals surface area contributed by atoms with Crippen LogP contribution in [0.15, 0.2) is 0 Å². The van der Waals surface area contributed by atoms with E-state index in [1.54, 1.807) is 7.11 Å². The van der Waals surface area contributed by atoms with Crippen molar-refractivity contribution < 1.29 is 9.53 Å². The Labute approximate surface area is 93.4 Å². The van der Waals surface area contributed by atoms with Gasteiger partial charge in [-0.05, 0) is 25.2 Å². The number of carbonyl (C=O) groups excluding carboxylic acids is 1. The van der Waals surface area contributed by atoms with Gasteiger partial charge in [-0.15, -0.1) is 0 Å². The first kappa shape index (κ1) is 12.7. The molecule has 1 aliphatic carbocycles. The van der Waals surface area contributed by atoms with Gasteiger partial charge in [0.25, 0.3) is 0 Å². The fourth-order valence-corrected chi connectivity index (χ4v) is 2.67. The van der Waals surface area contributed by atoms with Crippen LogP contribution in [0.5, 0.6) is 0 Å². The largest absolute Gasteiger partial charge is 0.374 e. The zero-order valence-electron chi connectivity index (χ0n) is 10.3. The fourth-order valence-electron chi connectivity index (χ4n) is 2.67. The summed E-state index contributed by atoms with van der Waals surface area (Å²) in [6.07, 6.45) is 6.56. The standard InChI is InChI=1S/C13H24O2/c1-4-10-7-6-8-11(9-10)13(14)12(5-2)15-3/h10-12H,4-9H2,1-3H3. The van der Waals surface area contributed by atoms with Crippen molar-refractivity contribution in [3.63, 3.8) is 0 Å². The van der Waals surface area contributed by atoms with Gasteiger partial charge in [0.05, 0.1) is 0 Å². The van der Waals surface area contributed by atoms with Crippen LogP contribution in [-0.4, -0.2) is 19.0 Å². The molecule has 2 heteroatoms. The molecule has 1 fully saturated rings. The van der Waals surface area contributed by atoms with E-state index in [9.17, 15) is 4.79 Å². The van der Waals surface area contributed by atoms with Crippen molar-refractivity contribution in [2.45, 2.75) is 58.5 Å². The molecular weight excluding hydrogens is 188 g/mol. The molecule has 1 saturated carbocycles. The first-order valence-corrected chi connectivity index (χ1v) is 6.29. The first-order chi connectivity index (χ1) is 7.22. The first-order valence-electron chi connectivity index (χ1n) is 6.29. The minimum atomic E-state index is -0.161. The molecule has 0 amide bonds. The van der Waals surface area contributed by atoms with Gasteiger partial charge in [-0.3, -0.25) is 4.79 Å². The lowest BCUT2D eigenvalue weighted by atomic mass is 9.77. The second kappa shape index (κ2) is 6.26. The smallest absolute Gasteiger partial charge is 0.164 e. The molecule has 0 radical (unpaired) electrons. The lowest BCUT2D eigenvalue weighted by molar-refractivity contribution is -0.134. The third kappa shape index (κ3) is 3.30. The Bertz CT molecular complexity index is 197. The number of ether oxygens (including phenoxy) is 1. The summed E-state index contributed by atoms with van der Waals surface area (Å²) in [6.45, 7) is 4.25. The van der Waals surface area contributed by atoms with E-state index < -0.39 is 0 Å². The van der Waals surface area contributed by atoms with Gasteiger partial charge in [0.1, 0.15) is 6.10 Å². The third-order valence-electron chi connectivity index (χ3n) is 3.74. The summed E-state index contributed by atoms with van der Waals surface area (Å²) in [5.74, 6) is 1.38. The highest BCUT2D eigenvalue weighted by atomic mass is 16.5. The van der Waals surface area contributed by atoms with E-state index in [4.69, 9.17) is 4.74 Å². The van der Waals surface area contributed by atoms with Crippen molar-refractivity contribution in [3.05, 3.63) is 0 Å². The van der Waals surface area contributed by atoms with Crippen LogP contribution in [0.25, 0.3) is 0 Å². The number of ketones is 1. The number of rotatable bonds is 5. The Morgan fingerprint density at radius 2 is 2.13 bits per heavy atom. The van der Waals surface area contributed by atoms with E-state index >= 15 is 0 Å². The molecule has 1 rings (SSSR count). The zero-order chi connectivity index (χ0) is 11.3. The number of methoxy groups -OCH3 is 1. The van der Waals surface area contributed by atoms with Gasteiger partial charge in [0.2, 0.25) is 0 Å². The Kier molecular flexibility index (Phi) is 5.30. The van der Waals surface area contributed by atoms with Gasteiger partial charge in [-0.1, -0.05) is 33.1 Å². The molecule has 3 atom stereocenters. The van der Waals surface area contributed by atoms with E-state index in [0.717, 1.165) is 25.2 Å². The van der Waals surface area contributed by atoms with E-state index in [0.29, 0.717) is 5.78 Å². The molecule has 0 N–H and O–H groups in total. The molecule has 0 heterocycles. The highest BCUT2D eigenvalue weighted by Gasteiger charge is 2.30. The van der Waals surface area contributed by atoms with Crippen molar-refractivity contribution in [3.8, 4) is 0 Å². The molecule has 0 saturated heterocycles. The highest BCUT2D eigenvalue weighted by molar-refractivity contribution is 5.85. The fraction of sp³-hybridized carbons (Fsp3) is 0.923. The van der Waals surface area contributed by atoms with Crippen molar-refractivity contribution in [2.75, 3.05) is 7.11 Å². The molecule has 0 aliphatic heterocycles. The second-order valence-corrected chi connectivity index (χ2v) is 4.67. The number of hydrogen-bond acceptors (Lipinski definition) is 2. The zero-order valence-corrected chi connectivity index (χ0v) is 10.3. The maximum Gasteiger partial charge on any atom is 0.164 e. The molecule has 2 nitrogen and oxygen atoms in total. The molecule has 88 valence electrons. The van der Waals surface area contributed by atoms with Gasteiger partial charge < -0.3 is 4.74 Å². The number of Topliss-reactive ketones (excluding diaryl/α,β-unsaturated/α-hetero) is 1. The van der Waals surface area contributed by atoms with Gasteiger partial charge in [-0.2, -0.15) is 0 Å². The monoisotopic (exact) mass is 212 g/mol. The Hall–Kier alpha value is -0.370. The van der Waals surface area contributed by atoms with E-state index in [2.05, 4.69) is 6.92 Å². The van der Waals surface area contributed by atoms with Gasteiger partial charge in [-0.25, -0.2) is 0 Å². The van der Waals surface area contributed by atoms with E-state index in [-0.39, 0.29) is 12.0 Å². The lowest BCUT2D eigenvalue weighted by Gasteiger charge is -2.29. The van der Waals surface area contributed by atoms with Crippen molar-refractivity contribution >= 4 is 5.78 Å². The SMILES string of the molecule is CCC1CCCC(C(=O)C(CC)OC)C1. The van der Waals surface area contributed by atoms with Crippen molar-refractivity contribution in [2.24, 2.45) is 11.8 Å². The lowest BCUT2D eigenvalue weighted by Crippen LogP contribution is -2.32. The normalized spacial score (nSPS) is 28.7. The van der Waals surface area contributed by atoms with E-state index in [1.807, 2.05) is 6.92 Å². The van der Waals surface area contributed by atoms with Crippen LogP contribution in [-0.2, 0) is 9.53 Å². The summed E-state index contributed by atoms with van der Waals surface area (Å²) >= 11 is 0. The van der Waals surface area contributed by atoms with Crippen LogP contribution in [0, 0.1) is 11.8 Å². The minimum Gasteiger partial charge on any atom is -0.374 e. The van der Waals surface area contributed by atoms with Gasteiger partial charge in [0, 0.05) is 13.0 Å². The third-order valence-corrected chi connectivity index (χ3v) is 3.74. The highest BCUT2D eigenvalue weighted by Crippen LogP contribution is 2.32. The average Bonchev–Trinajstić information content (AvgIpc) is 2.30. The van der Waals surface area contributed by atoms with Gasteiger partial charge in [0.15, 0.2) is 5.78 Å².